The number of benzene rings is 1. The average Bonchev–Trinajstić information content (AvgIpc) is 2.77. The van der Waals surface area contributed by atoms with Crippen molar-refractivity contribution < 1.29 is 17.9 Å². The second-order valence-corrected chi connectivity index (χ2v) is 8.88. The summed E-state index contributed by atoms with van der Waals surface area (Å²) >= 11 is 0. The van der Waals surface area contributed by atoms with Gasteiger partial charge in [-0.15, -0.1) is 10.1 Å². The highest BCUT2D eigenvalue weighted by atomic mass is 35.7. The van der Waals surface area contributed by atoms with Crippen LogP contribution in [0.4, 0.5) is 13.2 Å². The monoisotopic (exact) mass is 432 g/mol. The van der Waals surface area contributed by atoms with Crippen molar-refractivity contribution in [3.63, 3.8) is 0 Å². The van der Waals surface area contributed by atoms with Crippen LogP contribution in [0.1, 0.15) is 5.56 Å². The Kier molecular flexibility index (Phi) is 4.58. The molecule has 148 valence electrons. The number of hydrogen-bond donors (Lipinski definition) is 2. The molecule has 12 heteroatoms. The Morgan fingerprint density at radius 1 is 1.29 bits per heavy atom. The third kappa shape index (κ3) is 3.35. The van der Waals surface area contributed by atoms with Crippen molar-refractivity contribution in [2.45, 2.75) is 23.7 Å². The van der Waals surface area contributed by atoms with E-state index in [1.54, 1.807) is 0 Å². The number of alkyl halides is 3. The van der Waals surface area contributed by atoms with Crippen LogP contribution in [0.25, 0.3) is 10.9 Å². The van der Waals surface area contributed by atoms with E-state index in [0.717, 1.165) is 12.1 Å². The summed E-state index contributed by atoms with van der Waals surface area (Å²) in [6, 6.07) is 1.64. The van der Waals surface area contributed by atoms with Gasteiger partial charge < -0.3 is 4.74 Å². The predicted octanol–water partition coefficient (Wildman–Crippen LogP) is 2.47. The maximum absolute atomic E-state index is 13.3. The van der Waals surface area contributed by atoms with Crippen LogP contribution < -0.4 is 16.0 Å². The van der Waals surface area contributed by atoms with Gasteiger partial charge in [0.25, 0.3) is 5.56 Å². The highest BCUT2D eigenvalue weighted by Gasteiger charge is 2.34. The topological polar surface area (TPSA) is 89.9 Å². The molecule has 0 radical (unpaired) electrons. The van der Waals surface area contributed by atoms with E-state index in [9.17, 15) is 22.8 Å². The Morgan fingerprint density at radius 3 is 2.75 bits per heavy atom. The summed E-state index contributed by atoms with van der Waals surface area (Å²) in [6.07, 6.45) is -1.05. The van der Waals surface area contributed by atoms with E-state index < -0.39 is 39.2 Å². The fourth-order valence-electron chi connectivity index (χ4n) is 3.06. The molecule has 1 aliphatic heterocycles. The average molecular weight is 433 g/mol. The zero-order valence-electron chi connectivity index (χ0n) is 13.9. The van der Waals surface area contributed by atoms with Crippen LogP contribution in [0.15, 0.2) is 45.2 Å². The van der Waals surface area contributed by atoms with Crippen molar-refractivity contribution in [2.24, 2.45) is 0 Å². The molecule has 0 aliphatic carbocycles. The molecular weight excluding hydrogens is 421 g/mol. The number of nitrogens with one attached hydrogen (secondary N) is 1. The third-order valence-corrected chi connectivity index (χ3v) is 6.79. The third-order valence-electron chi connectivity index (χ3n) is 4.24. The van der Waals surface area contributed by atoms with Crippen molar-refractivity contribution in [2.75, 3.05) is 5.75 Å². The summed E-state index contributed by atoms with van der Waals surface area (Å²) in [5.74, 6) is 0.363. The molecule has 0 saturated carbocycles. The summed E-state index contributed by atoms with van der Waals surface area (Å²) < 4.78 is 46.8. The van der Waals surface area contributed by atoms with Crippen LogP contribution in [0.3, 0.4) is 0 Å². The van der Waals surface area contributed by atoms with Gasteiger partial charge in [-0.2, -0.15) is 13.2 Å². The van der Waals surface area contributed by atoms with Crippen LogP contribution in [0.5, 0.6) is 5.88 Å². The van der Waals surface area contributed by atoms with Crippen molar-refractivity contribution in [1.82, 2.24) is 19.5 Å². The zero-order chi connectivity index (χ0) is 20.1. The van der Waals surface area contributed by atoms with Gasteiger partial charge in [-0.1, -0.05) is 10.7 Å². The van der Waals surface area contributed by atoms with Gasteiger partial charge in [0, 0.05) is 23.0 Å². The number of thiol groups is 1. The fourth-order valence-corrected chi connectivity index (χ4v) is 5.41. The highest BCUT2D eigenvalue weighted by Crippen LogP contribution is 2.48. The Morgan fingerprint density at radius 2 is 2.07 bits per heavy atom. The quantitative estimate of drug-likeness (QED) is 0.607. The molecule has 0 amide bonds. The first-order valence-electron chi connectivity index (χ1n) is 7.98. The number of rotatable bonds is 2. The molecule has 3 heterocycles. The second kappa shape index (κ2) is 6.82. The second-order valence-electron chi connectivity index (χ2n) is 6.09. The van der Waals surface area contributed by atoms with E-state index in [2.05, 4.69) is 15.0 Å². The largest absolute Gasteiger partial charge is 0.470 e. The van der Waals surface area contributed by atoms with Gasteiger partial charge in [-0.3, -0.25) is 19.3 Å². The minimum absolute atomic E-state index is 0.00734. The minimum Gasteiger partial charge on any atom is -0.470 e. The number of aromatic amines is 1. The maximum Gasteiger partial charge on any atom is 0.416 e. The van der Waals surface area contributed by atoms with Crippen LogP contribution in [-0.4, -0.2) is 31.4 Å². The van der Waals surface area contributed by atoms with Gasteiger partial charge in [0.05, 0.1) is 29.2 Å². The number of aromatic nitrogens is 4. The summed E-state index contributed by atoms with van der Waals surface area (Å²) in [6.45, 7) is -0.00734. The van der Waals surface area contributed by atoms with Crippen LogP contribution in [-0.2, 0) is 12.7 Å². The van der Waals surface area contributed by atoms with E-state index in [4.69, 9.17) is 15.4 Å². The number of ether oxygens (including phenoxy) is 1. The standard InChI is InChI=1S/C16H12ClF3N4O3S/c17-28-7-9(27-12-5-21-1-2-22-12)6-24-13-10(14(25)23-15(24)26)3-8(4-11(13)28)16(18,19)20/h1-5,9,28H,6-7H2,(H,23,25,26). The normalized spacial score (nSPS) is 20.7. The van der Waals surface area contributed by atoms with Crippen LogP contribution in [0.2, 0.25) is 0 Å². The van der Waals surface area contributed by atoms with Crippen molar-refractivity contribution in [1.29, 1.82) is 0 Å². The molecule has 2 aromatic heterocycles. The van der Waals surface area contributed by atoms with Gasteiger partial charge >= 0.3 is 11.9 Å². The first kappa shape index (κ1) is 18.8. The Hall–Kier alpha value is -2.53. The van der Waals surface area contributed by atoms with Crippen molar-refractivity contribution in [3.05, 3.63) is 57.1 Å². The molecule has 0 saturated heterocycles. The Balaban J connectivity index is 1.90. The lowest BCUT2D eigenvalue weighted by atomic mass is 10.1. The molecule has 3 aromatic rings. The summed E-state index contributed by atoms with van der Waals surface area (Å²) in [5, 5.41) is -0.238. The molecule has 0 bridgehead atoms. The van der Waals surface area contributed by atoms with E-state index in [-0.39, 0.29) is 34.0 Å². The predicted molar refractivity (Wildman–Crippen MR) is 98.3 cm³/mol. The first-order chi connectivity index (χ1) is 13.2. The molecule has 7 nitrogen and oxygen atoms in total. The Bertz CT molecular complexity index is 1170. The smallest absolute Gasteiger partial charge is 0.416 e. The van der Waals surface area contributed by atoms with Gasteiger partial charge in [0.1, 0.15) is 6.10 Å². The van der Waals surface area contributed by atoms with E-state index >= 15 is 0 Å². The molecule has 2 unspecified atom stereocenters. The van der Waals surface area contributed by atoms with Gasteiger partial charge in [0.15, 0.2) is 0 Å². The van der Waals surface area contributed by atoms with E-state index in [1.165, 1.54) is 23.2 Å². The lowest BCUT2D eigenvalue weighted by Gasteiger charge is -2.20. The molecule has 1 N–H and O–H groups in total. The summed E-state index contributed by atoms with van der Waals surface area (Å²) in [4.78, 5) is 34.6. The van der Waals surface area contributed by atoms with Gasteiger partial charge in [0.2, 0.25) is 5.88 Å². The van der Waals surface area contributed by atoms with Crippen LogP contribution >= 0.6 is 20.8 Å². The lowest BCUT2D eigenvalue weighted by Crippen LogP contribution is -2.35. The minimum atomic E-state index is -4.66. The zero-order valence-corrected chi connectivity index (χ0v) is 15.6. The van der Waals surface area contributed by atoms with E-state index in [0.29, 0.717) is 0 Å². The van der Waals surface area contributed by atoms with Gasteiger partial charge in [-0.25, -0.2) is 9.78 Å². The molecule has 0 fully saturated rings. The molecule has 4 rings (SSSR count). The van der Waals surface area contributed by atoms with Crippen molar-refractivity contribution in [3.8, 4) is 5.88 Å². The maximum atomic E-state index is 13.3. The van der Waals surface area contributed by atoms with Crippen molar-refractivity contribution >= 4 is 31.7 Å². The number of nitrogens with zero attached hydrogens (tertiary/aromatic N) is 3. The highest BCUT2D eigenvalue weighted by molar-refractivity contribution is 8.36. The molecular formula is C16H12ClF3N4O3S. The first-order valence-corrected chi connectivity index (χ1v) is 10.4. The number of hydrogen-bond acceptors (Lipinski definition) is 5. The fraction of sp³-hybridized carbons (Fsp3) is 0.250. The Labute approximate surface area is 162 Å². The van der Waals surface area contributed by atoms with E-state index in [1.807, 2.05) is 0 Å². The van der Waals surface area contributed by atoms with Gasteiger partial charge in [-0.05, 0) is 12.1 Å². The molecule has 1 aliphatic rings. The van der Waals surface area contributed by atoms with Crippen LogP contribution in [0, 0.1) is 0 Å². The molecule has 0 spiro atoms. The molecule has 28 heavy (non-hydrogen) atoms. The lowest BCUT2D eigenvalue weighted by molar-refractivity contribution is -0.137. The summed E-state index contributed by atoms with van der Waals surface area (Å²) in [7, 11) is 4.80. The number of H-pyrrole nitrogens is 1. The summed E-state index contributed by atoms with van der Waals surface area (Å²) in [5.41, 5.74) is -2.52. The number of halogens is 4. The molecule has 1 aromatic carbocycles. The SMILES string of the molecule is O=c1[nH]c(=O)n2c3c(cc(C(F)(F)F)cc13)[SH](Cl)CC(Oc1cnccn1)C2. The molecule has 2 atom stereocenters.